The van der Waals surface area contributed by atoms with E-state index in [4.69, 9.17) is 10.5 Å². The van der Waals surface area contributed by atoms with Crippen LogP contribution < -0.4 is 10.6 Å². The van der Waals surface area contributed by atoms with Crippen molar-refractivity contribution < 1.29 is 18.3 Å². The number of likely N-dealkylation sites (tertiary alicyclic amines) is 1. The van der Waals surface area contributed by atoms with Crippen molar-refractivity contribution in [3.8, 4) is 0 Å². The number of carbonyl (C=O) groups excluding carboxylic acids is 1. The van der Waals surface area contributed by atoms with Crippen molar-refractivity contribution in [1.82, 2.24) is 4.90 Å². The zero-order chi connectivity index (χ0) is 20.5. The highest BCUT2D eigenvalue weighted by molar-refractivity contribution is 5.70. The summed E-state index contributed by atoms with van der Waals surface area (Å²) in [7, 11) is 0. The Bertz CT molecular complexity index is 700. The van der Waals surface area contributed by atoms with Gasteiger partial charge in [0, 0.05) is 39.0 Å². The lowest BCUT2D eigenvalue weighted by Crippen LogP contribution is -2.41. The van der Waals surface area contributed by atoms with Crippen LogP contribution in [-0.2, 0) is 4.74 Å². The highest BCUT2D eigenvalue weighted by atomic mass is 19.3. The Morgan fingerprint density at radius 1 is 1.14 bits per heavy atom. The first-order valence-corrected chi connectivity index (χ1v) is 10.0. The molecule has 2 saturated heterocycles. The number of ether oxygens (including phenoxy) is 1. The number of hydrogen-bond donors (Lipinski definition) is 1. The highest BCUT2D eigenvalue weighted by Gasteiger charge is 2.35. The first kappa shape index (κ1) is 20.7. The second kappa shape index (κ2) is 7.76. The minimum atomic E-state index is -2.57. The van der Waals surface area contributed by atoms with Crippen LogP contribution in [-0.4, -0.2) is 48.7 Å². The monoisotopic (exact) mass is 395 g/mol. The van der Waals surface area contributed by atoms with Gasteiger partial charge in [0.15, 0.2) is 0 Å². The summed E-state index contributed by atoms with van der Waals surface area (Å²) in [6.45, 7) is 7.53. The lowest BCUT2D eigenvalue weighted by molar-refractivity contribution is -0.0220. The molecular weight excluding hydrogens is 364 g/mol. The minimum Gasteiger partial charge on any atom is -0.444 e. The predicted molar refractivity (Wildman–Crippen MR) is 107 cm³/mol. The molecule has 1 amide bonds. The molecule has 0 atom stereocenters. The first-order chi connectivity index (χ1) is 13.0. The Labute approximate surface area is 165 Å². The van der Waals surface area contributed by atoms with Crippen LogP contribution in [0, 0.1) is 0 Å². The van der Waals surface area contributed by atoms with Gasteiger partial charge in [-0.1, -0.05) is 6.07 Å². The fourth-order valence-corrected chi connectivity index (χ4v) is 3.89. The Balaban J connectivity index is 1.63. The maximum absolute atomic E-state index is 13.5. The highest BCUT2D eigenvalue weighted by Crippen LogP contribution is 2.36. The van der Waals surface area contributed by atoms with Gasteiger partial charge in [-0.15, -0.1) is 0 Å². The number of nitrogen functional groups attached to an aromatic ring is 1. The fourth-order valence-electron chi connectivity index (χ4n) is 3.89. The molecule has 2 aliphatic heterocycles. The van der Waals surface area contributed by atoms with E-state index < -0.39 is 11.5 Å². The van der Waals surface area contributed by atoms with Gasteiger partial charge in [-0.25, -0.2) is 13.6 Å². The van der Waals surface area contributed by atoms with Gasteiger partial charge in [0.25, 0.3) is 5.92 Å². The molecule has 28 heavy (non-hydrogen) atoms. The molecule has 0 aliphatic carbocycles. The third-order valence-electron chi connectivity index (χ3n) is 5.51. The molecule has 0 saturated carbocycles. The Kier molecular flexibility index (Phi) is 5.73. The van der Waals surface area contributed by atoms with E-state index in [2.05, 4.69) is 0 Å². The van der Waals surface area contributed by atoms with E-state index in [1.807, 2.05) is 43.9 Å². The molecule has 0 unspecified atom stereocenters. The van der Waals surface area contributed by atoms with Crippen molar-refractivity contribution in [2.75, 3.05) is 36.8 Å². The topological polar surface area (TPSA) is 58.8 Å². The standard InChI is InChI=1S/C21H31F2N3O2/c1-20(2,3)28-19(27)26-10-6-15(7-11-26)16-4-5-17(24)18(14-16)25-12-8-21(22,23)9-13-25/h4-5,14-15H,6-13,24H2,1-3H3. The van der Waals surface area contributed by atoms with Crippen LogP contribution in [0.2, 0.25) is 0 Å². The summed E-state index contributed by atoms with van der Waals surface area (Å²) < 4.78 is 32.4. The number of halogens is 2. The summed E-state index contributed by atoms with van der Waals surface area (Å²) >= 11 is 0. The SMILES string of the molecule is CC(C)(C)OC(=O)N1CCC(c2ccc(N)c(N3CCC(F)(F)CC3)c2)CC1. The van der Waals surface area contributed by atoms with Crippen LogP contribution in [0.15, 0.2) is 18.2 Å². The van der Waals surface area contributed by atoms with Gasteiger partial charge in [0.05, 0.1) is 11.4 Å². The van der Waals surface area contributed by atoms with Crippen LogP contribution in [0.5, 0.6) is 0 Å². The molecule has 0 spiro atoms. The summed E-state index contributed by atoms with van der Waals surface area (Å²) in [6, 6.07) is 5.94. The molecule has 2 fully saturated rings. The summed E-state index contributed by atoms with van der Waals surface area (Å²) in [6.07, 6.45) is 1.16. The smallest absolute Gasteiger partial charge is 0.410 e. The van der Waals surface area contributed by atoms with Gasteiger partial charge in [0.2, 0.25) is 0 Å². The third kappa shape index (κ3) is 5.06. The molecule has 5 nitrogen and oxygen atoms in total. The second-order valence-electron chi connectivity index (χ2n) is 8.90. The Morgan fingerprint density at radius 3 is 2.32 bits per heavy atom. The number of rotatable bonds is 2. The van der Waals surface area contributed by atoms with E-state index in [1.54, 1.807) is 4.90 Å². The van der Waals surface area contributed by atoms with E-state index in [0.29, 0.717) is 37.8 Å². The van der Waals surface area contributed by atoms with Crippen molar-refractivity contribution in [1.29, 1.82) is 0 Å². The van der Waals surface area contributed by atoms with Crippen molar-refractivity contribution in [3.63, 3.8) is 0 Å². The van der Waals surface area contributed by atoms with Gasteiger partial charge in [0.1, 0.15) is 5.60 Å². The van der Waals surface area contributed by atoms with Gasteiger partial charge < -0.3 is 20.3 Å². The van der Waals surface area contributed by atoms with E-state index in [-0.39, 0.29) is 18.9 Å². The number of benzene rings is 1. The molecule has 1 aromatic rings. The molecule has 2 N–H and O–H groups in total. The molecule has 0 bridgehead atoms. The van der Waals surface area contributed by atoms with Crippen LogP contribution in [0.1, 0.15) is 57.9 Å². The van der Waals surface area contributed by atoms with Crippen molar-refractivity contribution in [2.24, 2.45) is 0 Å². The van der Waals surface area contributed by atoms with Crippen LogP contribution >= 0.6 is 0 Å². The molecule has 0 aromatic heterocycles. The molecule has 2 heterocycles. The number of amides is 1. The molecule has 1 aromatic carbocycles. The molecule has 2 aliphatic rings. The maximum Gasteiger partial charge on any atom is 0.410 e. The largest absolute Gasteiger partial charge is 0.444 e. The first-order valence-electron chi connectivity index (χ1n) is 10.0. The maximum atomic E-state index is 13.5. The van der Waals surface area contributed by atoms with Crippen LogP contribution in [0.3, 0.4) is 0 Å². The summed E-state index contributed by atoms with van der Waals surface area (Å²) in [4.78, 5) is 16.0. The van der Waals surface area contributed by atoms with E-state index in [9.17, 15) is 13.6 Å². The number of carbonyl (C=O) groups is 1. The number of nitrogens with two attached hydrogens (primary N) is 1. The average molecular weight is 395 g/mol. The summed E-state index contributed by atoms with van der Waals surface area (Å²) in [5, 5.41) is 0. The average Bonchev–Trinajstić information content (AvgIpc) is 2.61. The van der Waals surface area contributed by atoms with Gasteiger partial charge in [-0.2, -0.15) is 0 Å². The summed E-state index contributed by atoms with van der Waals surface area (Å²) in [5.74, 6) is -2.25. The number of piperidine rings is 2. The molecular formula is C21H31F2N3O2. The zero-order valence-electron chi connectivity index (χ0n) is 17.0. The minimum absolute atomic E-state index is 0.134. The molecule has 156 valence electrons. The lowest BCUT2D eigenvalue weighted by Gasteiger charge is -2.36. The van der Waals surface area contributed by atoms with E-state index in [1.165, 1.54) is 0 Å². The third-order valence-corrected chi connectivity index (χ3v) is 5.51. The fraction of sp³-hybridized carbons (Fsp3) is 0.667. The quantitative estimate of drug-likeness (QED) is 0.743. The van der Waals surface area contributed by atoms with Crippen molar-refractivity contribution in [3.05, 3.63) is 23.8 Å². The Hall–Kier alpha value is -2.05. The molecule has 3 rings (SSSR count). The van der Waals surface area contributed by atoms with Gasteiger partial charge in [-0.3, -0.25) is 0 Å². The molecule has 0 radical (unpaired) electrons. The predicted octanol–water partition coefficient (Wildman–Crippen LogP) is 4.62. The number of anilines is 2. The van der Waals surface area contributed by atoms with Crippen LogP contribution in [0.4, 0.5) is 25.0 Å². The number of nitrogens with zero attached hydrogens (tertiary/aromatic N) is 2. The zero-order valence-corrected chi connectivity index (χ0v) is 17.0. The van der Waals surface area contributed by atoms with Crippen LogP contribution in [0.25, 0.3) is 0 Å². The van der Waals surface area contributed by atoms with E-state index >= 15 is 0 Å². The number of alkyl halides is 2. The Morgan fingerprint density at radius 2 is 1.75 bits per heavy atom. The molecule has 7 heteroatoms. The van der Waals surface area contributed by atoms with E-state index in [0.717, 1.165) is 24.1 Å². The van der Waals surface area contributed by atoms with Crippen molar-refractivity contribution in [2.45, 2.75) is 63.9 Å². The number of hydrogen-bond acceptors (Lipinski definition) is 4. The summed E-state index contributed by atoms with van der Waals surface area (Å²) in [5.41, 5.74) is 8.28. The van der Waals surface area contributed by atoms with Crippen molar-refractivity contribution >= 4 is 17.5 Å². The van der Waals surface area contributed by atoms with Gasteiger partial charge in [-0.05, 0) is 57.2 Å². The lowest BCUT2D eigenvalue weighted by atomic mass is 9.89. The normalized spacial score (nSPS) is 20.9. The van der Waals surface area contributed by atoms with Gasteiger partial charge >= 0.3 is 6.09 Å². The second-order valence-corrected chi connectivity index (χ2v) is 8.90.